The summed E-state index contributed by atoms with van der Waals surface area (Å²) in [5, 5.41) is 10.3. The Hall–Kier alpha value is -2.37. The van der Waals surface area contributed by atoms with E-state index in [1.54, 1.807) is 0 Å². The summed E-state index contributed by atoms with van der Waals surface area (Å²) in [4.78, 5) is 11.0. The number of aliphatic imine (C=N–C) groups is 1. The molecule has 2 heterocycles. The van der Waals surface area contributed by atoms with Gasteiger partial charge in [0.1, 0.15) is 6.33 Å². The Labute approximate surface area is 137 Å². The first-order chi connectivity index (χ1) is 11.3. The van der Waals surface area contributed by atoms with Gasteiger partial charge < -0.3 is 10.2 Å². The van der Waals surface area contributed by atoms with E-state index in [4.69, 9.17) is 0 Å². The normalized spacial score (nSPS) is 19.0. The van der Waals surface area contributed by atoms with E-state index in [9.17, 15) is 0 Å². The summed E-state index contributed by atoms with van der Waals surface area (Å²) in [6.45, 7) is 5.22. The largest absolute Gasteiger partial charge is 0.352 e. The predicted octanol–water partition coefficient (Wildman–Crippen LogP) is 2.28. The van der Waals surface area contributed by atoms with Crippen LogP contribution in [0.5, 0.6) is 0 Å². The highest BCUT2D eigenvalue weighted by atomic mass is 15.3. The van der Waals surface area contributed by atoms with E-state index >= 15 is 0 Å². The first-order valence-corrected chi connectivity index (χ1v) is 8.16. The Morgan fingerprint density at radius 2 is 2.39 bits per heavy atom. The Kier molecular flexibility index (Phi) is 4.90. The lowest BCUT2D eigenvalue weighted by Gasteiger charge is -2.33. The number of H-pyrrole nitrogens is 1. The van der Waals surface area contributed by atoms with Crippen LogP contribution in [0.4, 0.5) is 0 Å². The smallest absolute Gasteiger partial charge is 0.193 e. The van der Waals surface area contributed by atoms with Gasteiger partial charge in [-0.25, -0.2) is 4.98 Å². The molecule has 0 bridgehead atoms. The molecule has 1 aliphatic rings. The van der Waals surface area contributed by atoms with Gasteiger partial charge >= 0.3 is 0 Å². The van der Waals surface area contributed by atoms with Crippen LogP contribution in [-0.4, -0.2) is 46.2 Å². The van der Waals surface area contributed by atoms with Crippen LogP contribution in [0.2, 0.25) is 0 Å². The maximum Gasteiger partial charge on any atom is 0.193 e. The van der Waals surface area contributed by atoms with Crippen molar-refractivity contribution < 1.29 is 0 Å². The molecule has 1 unspecified atom stereocenters. The zero-order valence-electron chi connectivity index (χ0n) is 13.8. The monoisotopic (exact) mass is 312 g/mol. The molecular weight excluding hydrogens is 288 g/mol. The zero-order valence-corrected chi connectivity index (χ0v) is 13.8. The van der Waals surface area contributed by atoms with E-state index in [1.807, 2.05) is 19.2 Å². The summed E-state index contributed by atoms with van der Waals surface area (Å²) in [5.74, 6) is 2.51. The van der Waals surface area contributed by atoms with E-state index in [1.165, 1.54) is 24.7 Å². The molecule has 1 aliphatic heterocycles. The minimum Gasteiger partial charge on any atom is -0.352 e. The van der Waals surface area contributed by atoms with Crippen molar-refractivity contribution >= 4 is 5.96 Å². The molecule has 0 radical (unpaired) electrons. The van der Waals surface area contributed by atoms with Gasteiger partial charge in [-0.05, 0) is 30.4 Å². The van der Waals surface area contributed by atoms with Gasteiger partial charge in [0.2, 0.25) is 0 Å². The van der Waals surface area contributed by atoms with Crippen LogP contribution >= 0.6 is 0 Å². The van der Waals surface area contributed by atoms with Crippen LogP contribution in [0.15, 0.2) is 35.6 Å². The molecule has 6 nitrogen and oxygen atoms in total. The third-order valence-corrected chi connectivity index (χ3v) is 4.23. The maximum absolute atomic E-state index is 4.44. The molecule has 1 saturated heterocycles. The SMILES string of the molecule is CN=C(NCc1cccc(-c2ncn[nH]2)c1)N1CCCC(C)C1. The number of guanidine groups is 1. The van der Waals surface area contributed by atoms with Crippen LogP contribution in [0.25, 0.3) is 11.4 Å². The summed E-state index contributed by atoms with van der Waals surface area (Å²) >= 11 is 0. The molecule has 2 aromatic rings. The van der Waals surface area contributed by atoms with Crippen LogP contribution in [0.1, 0.15) is 25.3 Å². The van der Waals surface area contributed by atoms with Gasteiger partial charge in [0.05, 0.1) is 0 Å². The number of nitrogens with zero attached hydrogens (tertiary/aromatic N) is 4. The molecule has 6 heteroatoms. The van der Waals surface area contributed by atoms with Crippen molar-refractivity contribution in [2.45, 2.75) is 26.3 Å². The highest BCUT2D eigenvalue weighted by molar-refractivity contribution is 5.80. The Balaban J connectivity index is 1.64. The van der Waals surface area contributed by atoms with E-state index in [0.29, 0.717) is 0 Å². The number of hydrogen-bond acceptors (Lipinski definition) is 3. The third-order valence-electron chi connectivity index (χ3n) is 4.23. The third kappa shape index (κ3) is 3.88. The molecule has 0 saturated carbocycles. The van der Waals surface area contributed by atoms with E-state index in [2.05, 4.69) is 49.4 Å². The average Bonchev–Trinajstić information content (AvgIpc) is 3.10. The van der Waals surface area contributed by atoms with Gasteiger partial charge in [0, 0.05) is 32.2 Å². The molecule has 3 rings (SSSR count). The fourth-order valence-electron chi connectivity index (χ4n) is 3.07. The molecule has 1 fully saturated rings. The van der Waals surface area contributed by atoms with Gasteiger partial charge in [0.15, 0.2) is 11.8 Å². The van der Waals surface area contributed by atoms with Crippen LogP contribution in [-0.2, 0) is 6.54 Å². The second-order valence-corrected chi connectivity index (χ2v) is 6.13. The Morgan fingerprint density at radius 3 is 3.13 bits per heavy atom. The molecule has 2 N–H and O–H groups in total. The van der Waals surface area contributed by atoms with E-state index in [0.717, 1.165) is 42.9 Å². The van der Waals surface area contributed by atoms with Crippen molar-refractivity contribution in [3.63, 3.8) is 0 Å². The molecule has 122 valence electrons. The Morgan fingerprint density at radius 1 is 1.48 bits per heavy atom. The number of aromatic amines is 1. The lowest BCUT2D eigenvalue weighted by atomic mass is 10.0. The second-order valence-electron chi connectivity index (χ2n) is 6.13. The Bertz CT molecular complexity index is 649. The summed E-state index contributed by atoms with van der Waals surface area (Å²) < 4.78 is 0. The number of aromatic nitrogens is 3. The minimum absolute atomic E-state index is 0.733. The summed E-state index contributed by atoms with van der Waals surface area (Å²) in [6, 6.07) is 8.31. The predicted molar refractivity (Wildman–Crippen MR) is 92.0 cm³/mol. The lowest BCUT2D eigenvalue weighted by Crippen LogP contribution is -2.45. The standard InChI is InChI=1S/C17H24N6/c1-13-5-4-8-23(11-13)17(18-2)19-10-14-6-3-7-15(9-14)16-20-12-21-22-16/h3,6-7,9,12-13H,4-5,8,10-11H2,1-2H3,(H,18,19)(H,20,21,22). The van der Waals surface area contributed by atoms with Gasteiger partial charge in [-0.15, -0.1) is 0 Å². The van der Waals surface area contributed by atoms with E-state index in [-0.39, 0.29) is 0 Å². The molecule has 1 atom stereocenters. The van der Waals surface area contributed by atoms with Crippen LogP contribution < -0.4 is 5.32 Å². The van der Waals surface area contributed by atoms with Crippen molar-refractivity contribution in [3.8, 4) is 11.4 Å². The number of hydrogen-bond donors (Lipinski definition) is 2. The number of nitrogens with one attached hydrogen (secondary N) is 2. The van der Waals surface area contributed by atoms with Crippen LogP contribution in [0.3, 0.4) is 0 Å². The first kappa shape index (κ1) is 15.5. The number of benzene rings is 1. The van der Waals surface area contributed by atoms with Crippen molar-refractivity contribution in [3.05, 3.63) is 36.2 Å². The topological polar surface area (TPSA) is 69.2 Å². The number of rotatable bonds is 3. The number of likely N-dealkylation sites (tertiary alicyclic amines) is 1. The van der Waals surface area contributed by atoms with Crippen molar-refractivity contribution in [1.29, 1.82) is 0 Å². The highest BCUT2D eigenvalue weighted by Crippen LogP contribution is 2.17. The zero-order chi connectivity index (χ0) is 16.1. The first-order valence-electron chi connectivity index (χ1n) is 8.16. The maximum atomic E-state index is 4.44. The molecule has 1 aromatic heterocycles. The molecule has 0 spiro atoms. The second kappa shape index (κ2) is 7.26. The summed E-state index contributed by atoms with van der Waals surface area (Å²) in [5.41, 5.74) is 2.24. The average molecular weight is 312 g/mol. The van der Waals surface area contributed by atoms with E-state index < -0.39 is 0 Å². The molecular formula is C17H24N6. The van der Waals surface area contributed by atoms with Crippen molar-refractivity contribution in [2.75, 3.05) is 20.1 Å². The molecule has 0 aliphatic carbocycles. The van der Waals surface area contributed by atoms with Gasteiger partial charge in [-0.1, -0.05) is 25.1 Å². The fourth-order valence-corrected chi connectivity index (χ4v) is 3.07. The number of piperidine rings is 1. The van der Waals surface area contributed by atoms with Gasteiger partial charge in [-0.2, -0.15) is 5.10 Å². The molecule has 0 amide bonds. The summed E-state index contributed by atoms with van der Waals surface area (Å²) in [7, 11) is 1.85. The molecule has 1 aromatic carbocycles. The van der Waals surface area contributed by atoms with Crippen molar-refractivity contribution in [1.82, 2.24) is 25.4 Å². The van der Waals surface area contributed by atoms with Crippen molar-refractivity contribution in [2.24, 2.45) is 10.9 Å². The summed E-state index contributed by atoms with van der Waals surface area (Å²) in [6.07, 6.45) is 4.08. The highest BCUT2D eigenvalue weighted by Gasteiger charge is 2.18. The van der Waals surface area contributed by atoms with Crippen LogP contribution in [0, 0.1) is 5.92 Å². The fraction of sp³-hybridized carbons (Fsp3) is 0.471. The minimum atomic E-state index is 0.733. The van der Waals surface area contributed by atoms with Gasteiger partial charge in [-0.3, -0.25) is 10.1 Å². The van der Waals surface area contributed by atoms with Gasteiger partial charge in [0.25, 0.3) is 0 Å². The quantitative estimate of drug-likeness (QED) is 0.674. The lowest BCUT2D eigenvalue weighted by molar-refractivity contribution is 0.266. The molecule has 23 heavy (non-hydrogen) atoms.